The molecule has 2 heterocycles. The molecule has 1 aliphatic heterocycles. The normalized spacial score (nSPS) is 16.8. The van der Waals surface area contributed by atoms with Gasteiger partial charge in [-0.2, -0.15) is 5.10 Å². The molecule has 1 aliphatic rings. The van der Waals surface area contributed by atoms with Crippen LogP contribution in [0.4, 0.5) is 4.39 Å². The van der Waals surface area contributed by atoms with Gasteiger partial charge in [-0.25, -0.2) is 4.39 Å². The Morgan fingerprint density at radius 1 is 0.947 bits per heavy atom. The maximum atomic E-state index is 14.6. The van der Waals surface area contributed by atoms with E-state index in [1.54, 1.807) is 24.4 Å². The largest absolute Gasteiger partial charge is 0.507 e. The number of H-pyrrole nitrogens is 1. The van der Waals surface area contributed by atoms with Gasteiger partial charge in [-0.05, 0) is 42.5 Å². The second kappa shape index (κ2) is 10.3. The molecular weight excluding hydrogens is 493 g/mol. The van der Waals surface area contributed by atoms with Gasteiger partial charge in [0.25, 0.3) is 11.8 Å². The van der Waals surface area contributed by atoms with Crippen LogP contribution < -0.4 is 20.7 Å². The molecule has 2 amide bonds. The number of aromatic nitrogens is 2. The van der Waals surface area contributed by atoms with Crippen molar-refractivity contribution < 1.29 is 28.6 Å². The van der Waals surface area contributed by atoms with Crippen LogP contribution in [0.5, 0.6) is 11.5 Å². The predicted octanol–water partition coefficient (Wildman–Crippen LogP) is 2.15. The highest BCUT2D eigenvalue weighted by atomic mass is 19.1. The molecule has 1 saturated heterocycles. The number of aromatic hydroxyl groups is 1. The van der Waals surface area contributed by atoms with Crippen molar-refractivity contribution in [1.82, 2.24) is 26.1 Å². The summed E-state index contributed by atoms with van der Waals surface area (Å²) < 4.78 is 19.5. The van der Waals surface area contributed by atoms with Crippen molar-refractivity contribution in [2.24, 2.45) is 0 Å². The molecule has 194 valence electrons. The zero-order chi connectivity index (χ0) is 26.8. The Hall–Kier alpha value is -4.77. The summed E-state index contributed by atoms with van der Waals surface area (Å²) in [7, 11) is 1.26. The highest BCUT2D eigenvalue weighted by Gasteiger charge is 2.30. The third-order valence-corrected chi connectivity index (χ3v) is 6.49. The first-order chi connectivity index (χ1) is 18.4. The number of hydrogen-bond donors (Lipinski definition) is 5. The van der Waals surface area contributed by atoms with E-state index >= 15 is 0 Å². The summed E-state index contributed by atoms with van der Waals surface area (Å²) in [5.74, 6) is -3.06. The predicted molar refractivity (Wildman–Crippen MR) is 136 cm³/mol. The number of phenols is 1. The van der Waals surface area contributed by atoms with Crippen LogP contribution in [0.2, 0.25) is 0 Å². The number of methoxy groups -OCH3 is 1. The van der Waals surface area contributed by atoms with Crippen LogP contribution in [0.15, 0.2) is 60.8 Å². The van der Waals surface area contributed by atoms with Crippen LogP contribution in [0.25, 0.3) is 10.9 Å². The van der Waals surface area contributed by atoms with Crippen LogP contribution in [-0.4, -0.2) is 65.2 Å². The third kappa shape index (κ3) is 4.78. The van der Waals surface area contributed by atoms with Gasteiger partial charge in [0, 0.05) is 35.2 Å². The maximum Gasteiger partial charge on any atom is 0.251 e. The van der Waals surface area contributed by atoms with Crippen molar-refractivity contribution in [1.29, 1.82) is 0 Å². The van der Waals surface area contributed by atoms with E-state index in [0.717, 1.165) is 10.9 Å². The van der Waals surface area contributed by atoms with E-state index in [2.05, 4.69) is 26.1 Å². The van der Waals surface area contributed by atoms with Crippen molar-refractivity contribution in [3.05, 3.63) is 88.9 Å². The zero-order valence-electron chi connectivity index (χ0n) is 20.2. The number of carbonyl (C=O) groups excluding carboxylic acids is 3. The molecule has 3 aromatic carbocycles. The minimum absolute atomic E-state index is 0.0891. The number of benzene rings is 3. The van der Waals surface area contributed by atoms with Crippen molar-refractivity contribution in [2.45, 2.75) is 12.1 Å². The first-order valence-electron chi connectivity index (χ1n) is 11.8. The summed E-state index contributed by atoms with van der Waals surface area (Å²) in [6.45, 7) is 0.941. The van der Waals surface area contributed by atoms with E-state index in [-0.39, 0.29) is 34.9 Å². The Labute approximate surface area is 216 Å². The van der Waals surface area contributed by atoms with Gasteiger partial charge in [0.1, 0.15) is 11.3 Å². The minimum atomic E-state index is -0.967. The van der Waals surface area contributed by atoms with E-state index in [1.807, 2.05) is 0 Å². The van der Waals surface area contributed by atoms with Crippen LogP contribution in [-0.2, 0) is 0 Å². The van der Waals surface area contributed by atoms with Crippen LogP contribution >= 0.6 is 0 Å². The number of fused-ring (bicyclic) bond motifs is 1. The minimum Gasteiger partial charge on any atom is -0.507 e. The molecule has 11 heteroatoms. The Morgan fingerprint density at radius 2 is 1.58 bits per heavy atom. The number of aromatic amines is 1. The smallest absolute Gasteiger partial charge is 0.251 e. The Bertz CT molecular complexity index is 1530. The lowest BCUT2D eigenvalue weighted by Gasteiger charge is -2.21. The van der Waals surface area contributed by atoms with E-state index < -0.39 is 28.8 Å². The number of amides is 2. The molecule has 2 atom stereocenters. The van der Waals surface area contributed by atoms with Crippen molar-refractivity contribution in [3.63, 3.8) is 0 Å². The van der Waals surface area contributed by atoms with Gasteiger partial charge in [-0.1, -0.05) is 12.1 Å². The molecule has 0 bridgehead atoms. The number of phenolic OH excluding ortho intramolecular Hbond substituents is 1. The lowest BCUT2D eigenvalue weighted by atomic mass is 10.00. The number of nitrogens with zero attached hydrogens (tertiary/aromatic N) is 1. The zero-order valence-corrected chi connectivity index (χ0v) is 20.2. The fraction of sp³-hybridized carbons (Fsp3) is 0.185. The van der Waals surface area contributed by atoms with Gasteiger partial charge in [0.2, 0.25) is 0 Å². The van der Waals surface area contributed by atoms with Crippen molar-refractivity contribution in [2.75, 3.05) is 20.2 Å². The molecule has 0 radical (unpaired) electrons. The Morgan fingerprint density at radius 3 is 2.26 bits per heavy atom. The summed E-state index contributed by atoms with van der Waals surface area (Å²) in [5.41, 5.74) is 1.16. The molecule has 5 N–H and O–H groups in total. The average molecular weight is 518 g/mol. The number of nitrogens with one attached hydrogen (secondary N) is 4. The summed E-state index contributed by atoms with van der Waals surface area (Å²) in [6, 6.07) is 12.6. The number of ether oxygens (including phenoxy) is 1. The quantitative estimate of drug-likeness (QED) is 0.236. The van der Waals surface area contributed by atoms with Gasteiger partial charge in [-0.15, -0.1) is 0 Å². The van der Waals surface area contributed by atoms with Crippen molar-refractivity contribution >= 4 is 28.5 Å². The van der Waals surface area contributed by atoms with Gasteiger partial charge >= 0.3 is 0 Å². The monoisotopic (exact) mass is 517 g/mol. The summed E-state index contributed by atoms with van der Waals surface area (Å²) in [6.07, 6.45) is 1.64. The molecule has 0 unspecified atom stereocenters. The molecule has 0 spiro atoms. The van der Waals surface area contributed by atoms with E-state index in [1.165, 1.54) is 43.5 Å². The number of halogens is 1. The Kier molecular flexibility index (Phi) is 6.75. The average Bonchev–Trinajstić information content (AvgIpc) is 3.57. The van der Waals surface area contributed by atoms with E-state index in [0.29, 0.717) is 18.7 Å². The first kappa shape index (κ1) is 24.9. The molecule has 4 aromatic rings. The van der Waals surface area contributed by atoms with Gasteiger partial charge in [0.05, 0.1) is 30.9 Å². The second-order valence-electron chi connectivity index (χ2n) is 8.87. The van der Waals surface area contributed by atoms with Crippen LogP contribution in [0, 0.1) is 5.82 Å². The molecule has 5 rings (SSSR count). The second-order valence-corrected chi connectivity index (χ2v) is 8.87. The highest BCUT2D eigenvalue weighted by Crippen LogP contribution is 2.30. The van der Waals surface area contributed by atoms with E-state index in [4.69, 9.17) is 4.74 Å². The van der Waals surface area contributed by atoms with E-state index in [9.17, 15) is 23.9 Å². The van der Waals surface area contributed by atoms with Gasteiger partial charge < -0.3 is 25.8 Å². The van der Waals surface area contributed by atoms with Crippen LogP contribution in [0.3, 0.4) is 0 Å². The van der Waals surface area contributed by atoms with Crippen LogP contribution in [0.1, 0.15) is 36.6 Å². The molecule has 0 aliphatic carbocycles. The van der Waals surface area contributed by atoms with Crippen molar-refractivity contribution in [3.8, 4) is 11.5 Å². The van der Waals surface area contributed by atoms with Gasteiger partial charge in [0.15, 0.2) is 17.3 Å². The number of hydrogen-bond acceptors (Lipinski definition) is 7. The summed E-state index contributed by atoms with van der Waals surface area (Å²) in [5, 5.41) is 26.7. The molecule has 10 nitrogen and oxygen atoms in total. The molecule has 1 fully saturated rings. The molecular formula is C27H24FN5O5. The molecule has 0 saturated carbocycles. The highest BCUT2D eigenvalue weighted by molar-refractivity contribution is 6.11. The third-order valence-electron chi connectivity index (χ3n) is 6.49. The molecule has 1 aromatic heterocycles. The fourth-order valence-corrected chi connectivity index (χ4v) is 4.41. The first-order valence-corrected chi connectivity index (χ1v) is 11.8. The topological polar surface area (TPSA) is 145 Å². The van der Waals surface area contributed by atoms with Gasteiger partial charge in [-0.3, -0.25) is 19.5 Å². The lowest BCUT2D eigenvalue weighted by Crippen LogP contribution is -2.51. The summed E-state index contributed by atoms with van der Waals surface area (Å²) in [4.78, 5) is 38.5. The number of carbonyl (C=O) groups is 3. The maximum absolute atomic E-state index is 14.6. The number of ketones is 1. The number of rotatable bonds is 7. The SMILES string of the molecule is COc1ccc(O)c(C(=O)c2ccc(C(=O)N[C@@H]3CNC[C@H]3NC(=O)c3ccc4[nH]ncc4c3)cc2)c1F. The molecule has 38 heavy (non-hydrogen) atoms. The lowest BCUT2D eigenvalue weighted by molar-refractivity contribution is 0.0896. The fourth-order valence-electron chi connectivity index (χ4n) is 4.41. The summed E-state index contributed by atoms with van der Waals surface area (Å²) >= 11 is 0. The Balaban J connectivity index is 1.24. The standard InChI is InChI=1S/C27H24FN5O5/c1-38-22-9-8-21(34)23(24(22)28)25(35)14-2-4-15(5-3-14)26(36)31-19-12-29-13-20(19)32-27(37)16-6-7-18-17(10-16)11-30-33-18/h2-11,19-20,29,34H,12-13H2,1H3,(H,30,33)(H,31,36)(H,32,37)/t19-,20-/m1/s1.